The van der Waals surface area contributed by atoms with Crippen molar-refractivity contribution >= 4 is 5.91 Å². The van der Waals surface area contributed by atoms with Crippen molar-refractivity contribution in [2.45, 2.75) is 51.6 Å². The lowest BCUT2D eigenvalue weighted by molar-refractivity contribution is -0.122. The highest BCUT2D eigenvalue weighted by Gasteiger charge is 2.14. The summed E-state index contributed by atoms with van der Waals surface area (Å²) in [4.78, 5) is 11.5. The van der Waals surface area contributed by atoms with E-state index in [1.807, 2.05) is 0 Å². The molecule has 1 atom stereocenters. The van der Waals surface area contributed by atoms with Crippen molar-refractivity contribution in [1.29, 1.82) is 0 Å². The molecule has 1 heterocycles. The number of ether oxygens (including phenoxy) is 1. The molecule has 0 aromatic heterocycles. The van der Waals surface area contributed by atoms with Gasteiger partial charge < -0.3 is 15.4 Å². The molecule has 100 valence electrons. The van der Waals surface area contributed by atoms with E-state index >= 15 is 0 Å². The zero-order valence-corrected chi connectivity index (χ0v) is 11.0. The minimum absolute atomic E-state index is 0.163. The fraction of sp³-hybridized carbons (Fsp3) is 0.923. The van der Waals surface area contributed by atoms with Gasteiger partial charge in [0.1, 0.15) is 0 Å². The molecule has 0 saturated carbocycles. The maximum absolute atomic E-state index is 11.5. The van der Waals surface area contributed by atoms with E-state index in [4.69, 9.17) is 4.74 Å². The number of rotatable bonds is 8. The molecule has 0 spiro atoms. The fourth-order valence-corrected chi connectivity index (χ4v) is 2.03. The predicted octanol–water partition coefficient (Wildman–Crippen LogP) is 1.45. The van der Waals surface area contributed by atoms with Gasteiger partial charge in [0, 0.05) is 19.6 Å². The first-order valence-corrected chi connectivity index (χ1v) is 6.92. The van der Waals surface area contributed by atoms with Gasteiger partial charge >= 0.3 is 0 Å². The van der Waals surface area contributed by atoms with Crippen molar-refractivity contribution < 1.29 is 9.53 Å². The average Bonchev–Trinajstić information content (AvgIpc) is 2.37. The van der Waals surface area contributed by atoms with Gasteiger partial charge in [0.25, 0.3) is 0 Å². The Bertz CT molecular complexity index is 204. The SMILES string of the molecule is CCNCCCNC(=O)CCC1CCCCO1. The lowest BCUT2D eigenvalue weighted by atomic mass is 10.0. The lowest BCUT2D eigenvalue weighted by Crippen LogP contribution is -2.28. The van der Waals surface area contributed by atoms with Crippen LogP contribution in [0.5, 0.6) is 0 Å². The summed E-state index contributed by atoms with van der Waals surface area (Å²) >= 11 is 0. The molecule has 0 radical (unpaired) electrons. The highest BCUT2D eigenvalue weighted by molar-refractivity contribution is 5.75. The summed E-state index contributed by atoms with van der Waals surface area (Å²) in [5.74, 6) is 0.163. The topological polar surface area (TPSA) is 50.4 Å². The van der Waals surface area contributed by atoms with Crippen molar-refractivity contribution in [2.75, 3.05) is 26.2 Å². The summed E-state index contributed by atoms with van der Waals surface area (Å²) < 4.78 is 5.60. The van der Waals surface area contributed by atoms with Gasteiger partial charge in [-0.3, -0.25) is 4.79 Å². The van der Waals surface area contributed by atoms with E-state index in [-0.39, 0.29) is 5.91 Å². The quantitative estimate of drug-likeness (QED) is 0.633. The first-order chi connectivity index (χ1) is 8.33. The third kappa shape index (κ3) is 7.34. The largest absolute Gasteiger partial charge is 0.378 e. The maximum atomic E-state index is 11.5. The fourth-order valence-electron chi connectivity index (χ4n) is 2.03. The van der Waals surface area contributed by atoms with E-state index in [1.165, 1.54) is 12.8 Å². The highest BCUT2D eigenvalue weighted by Crippen LogP contribution is 2.16. The van der Waals surface area contributed by atoms with Crippen molar-refractivity contribution in [3.8, 4) is 0 Å². The van der Waals surface area contributed by atoms with Crippen molar-refractivity contribution in [3.63, 3.8) is 0 Å². The van der Waals surface area contributed by atoms with E-state index in [0.29, 0.717) is 12.5 Å². The van der Waals surface area contributed by atoms with Crippen LogP contribution in [-0.2, 0) is 9.53 Å². The summed E-state index contributed by atoms with van der Waals surface area (Å²) in [6.07, 6.45) is 6.33. The molecule has 0 aromatic rings. The molecule has 17 heavy (non-hydrogen) atoms. The number of carbonyl (C=O) groups excluding carboxylic acids is 1. The molecule has 0 bridgehead atoms. The second-order valence-electron chi connectivity index (χ2n) is 4.58. The molecular weight excluding hydrogens is 216 g/mol. The van der Waals surface area contributed by atoms with E-state index < -0.39 is 0 Å². The minimum Gasteiger partial charge on any atom is -0.378 e. The molecule has 0 aliphatic carbocycles. The molecule has 1 aliphatic heterocycles. The van der Waals surface area contributed by atoms with Gasteiger partial charge in [-0.05, 0) is 45.2 Å². The summed E-state index contributed by atoms with van der Waals surface area (Å²) in [5, 5.41) is 6.18. The maximum Gasteiger partial charge on any atom is 0.220 e. The molecule has 2 N–H and O–H groups in total. The van der Waals surface area contributed by atoms with Crippen molar-refractivity contribution in [3.05, 3.63) is 0 Å². The predicted molar refractivity (Wildman–Crippen MR) is 69.0 cm³/mol. The summed E-state index contributed by atoms with van der Waals surface area (Å²) in [6.45, 7) is 5.70. The number of hydrogen-bond acceptors (Lipinski definition) is 3. The van der Waals surface area contributed by atoms with Gasteiger partial charge in [0.2, 0.25) is 5.91 Å². The number of carbonyl (C=O) groups is 1. The van der Waals surface area contributed by atoms with E-state index in [9.17, 15) is 4.79 Å². The van der Waals surface area contributed by atoms with E-state index in [0.717, 1.165) is 45.5 Å². The molecule has 4 nitrogen and oxygen atoms in total. The Morgan fingerprint density at radius 1 is 1.35 bits per heavy atom. The summed E-state index contributed by atoms with van der Waals surface area (Å²) in [6, 6.07) is 0. The van der Waals surface area contributed by atoms with Crippen LogP contribution < -0.4 is 10.6 Å². The summed E-state index contributed by atoms with van der Waals surface area (Å²) in [5.41, 5.74) is 0. The Balaban J connectivity index is 1.93. The third-order valence-corrected chi connectivity index (χ3v) is 3.07. The molecular formula is C13H26N2O2. The minimum atomic E-state index is 0.163. The Morgan fingerprint density at radius 2 is 2.24 bits per heavy atom. The molecule has 1 rings (SSSR count). The molecule has 1 aliphatic rings. The van der Waals surface area contributed by atoms with Crippen LogP contribution in [-0.4, -0.2) is 38.3 Å². The van der Waals surface area contributed by atoms with Crippen molar-refractivity contribution in [2.24, 2.45) is 0 Å². The van der Waals surface area contributed by atoms with Gasteiger partial charge in [-0.2, -0.15) is 0 Å². The lowest BCUT2D eigenvalue weighted by Gasteiger charge is -2.22. The average molecular weight is 242 g/mol. The zero-order valence-electron chi connectivity index (χ0n) is 11.0. The van der Waals surface area contributed by atoms with E-state index in [2.05, 4.69) is 17.6 Å². The Morgan fingerprint density at radius 3 is 2.94 bits per heavy atom. The Kier molecular flexibility index (Phi) is 8.01. The smallest absolute Gasteiger partial charge is 0.220 e. The van der Waals surface area contributed by atoms with Gasteiger partial charge in [0.15, 0.2) is 0 Å². The van der Waals surface area contributed by atoms with Crippen LogP contribution in [0.25, 0.3) is 0 Å². The monoisotopic (exact) mass is 242 g/mol. The Hall–Kier alpha value is -0.610. The molecule has 1 unspecified atom stereocenters. The molecule has 0 aromatic carbocycles. The van der Waals surface area contributed by atoms with Crippen LogP contribution in [0.15, 0.2) is 0 Å². The van der Waals surface area contributed by atoms with Gasteiger partial charge in [-0.25, -0.2) is 0 Å². The van der Waals surface area contributed by atoms with Crippen LogP contribution in [0, 0.1) is 0 Å². The third-order valence-electron chi connectivity index (χ3n) is 3.07. The van der Waals surface area contributed by atoms with Crippen molar-refractivity contribution in [1.82, 2.24) is 10.6 Å². The number of amides is 1. The second kappa shape index (κ2) is 9.42. The highest BCUT2D eigenvalue weighted by atomic mass is 16.5. The van der Waals surface area contributed by atoms with Crippen LogP contribution in [0.2, 0.25) is 0 Å². The molecule has 1 amide bonds. The van der Waals surface area contributed by atoms with Crippen LogP contribution >= 0.6 is 0 Å². The van der Waals surface area contributed by atoms with E-state index in [1.54, 1.807) is 0 Å². The van der Waals surface area contributed by atoms with Crippen LogP contribution in [0.3, 0.4) is 0 Å². The molecule has 1 saturated heterocycles. The van der Waals surface area contributed by atoms with Crippen LogP contribution in [0.1, 0.15) is 45.4 Å². The zero-order chi connectivity index (χ0) is 12.3. The number of hydrogen-bond donors (Lipinski definition) is 2. The van der Waals surface area contributed by atoms with Crippen LogP contribution in [0.4, 0.5) is 0 Å². The molecule has 4 heteroatoms. The Labute approximate surface area is 104 Å². The van der Waals surface area contributed by atoms with Gasteiger partial charge in [0.05, 0.1) is 6.10 Å². The normalized spacial score (nSPS) is 20.2. The van der Waals surface area contributed by atoms with Gasteiger partial charge in [-0.1, -0.05) is 6.92 Å². The molecule has 1 fully saturated rings. The second-order valence-corrected chi connectivity index (χ2v) is 4.58. The number of nitrogens with one attached hydrogen (secondary N) is 2. The standard InChI is InChI=1S/C13H26N2O2/c1-2-14-9-5-10-15-13(16)8-7-12-6-3-4-11-17-12/h12,14H,2-11H2,1H3,(H,15,16). The summed E-state index contributed by atoms with van der Waals surface area (Å²) in [7, 11) is 0. The van der Waals surface area contributed by atoms with Gasteiger partial charge in [-0.15, -0.1) is 0 Å². The first kappa shape index (κ1) is 14.5. The first-order valence-electron chi connectivity index (χ1n) is 6.92.